The van der Waals surface area contributed by atoms with Crippen molar-refractivity contribution >= 4 is 28.0 Å². The first-order chi connectivity index (χ1) is 15.1. The first-order valence-electron chi connectivity index (χ1n) is 9.86. The van der Waals surface area contributed by atoms with E-state index in [0.717, 1.165) is 35.7 Å². The molecule has 1 aromatic carbocycles. The maximum absolute atomic E-state index is 13.2. The molecule has 0 radical (unpaired) electrons. The third kappa shape index (κ3) is 3.49. The van der Waals surface area contributed by atoms with Crippen LogP contribution in [0.15, 0.2) is 47.7 Å². The van der Waals surface area contributed by atoms with Gasteiger partial charge in [-0.1, -0.05) is 6.92 Å². The molecule has 1 aliphatic carbocycles. The number of nitrogens with one attached hydrogen (secondary N) is 1. The first kappa shape index (κ1) is 20.2. The normalized spacial score (nSPS) is 15.2. The number of benzene rings is 1. The smallest absolute Gasteiger partial charge is 0.323 e. The van der Waals surface area contributed by atoms with Crippen LogP contribution >= 0.6 is 0 Å². The highest BCUT2D eigenvalue weighted by molar-refractivity contribution is 5.91. The van der Waals surface area contributed by atoms with Crippen LogP contribution in [0.2, 0.25) is 0 Å². The van der Waals surface area contributed by atoms with Crippen molar-refractivity contribution in [1.82, 2.24) is 24.4 Å². The third-order valence-corrected chi connectivity index (χ3v) is 5.73. The number of fused-ring (bicyclic) bond motifs is 2. The summed E-state index contributed by atoms with van der Waals surface area (Å²) in [6, 6.07) is 6.33. The molecule has 3 heterocycles. The zero-order valence-corrected chi connectivity index (χ0v) is 16.8. The van der Waals surface area contributed by atoms with E-state index in [2.05, 4.69) is 20.6 Å². The summed E-state index contributed by atoms with van der Waals surface area (Å²) >= 11 is 0. The molecular weight excluding hydrogens is 425 g/mol. The van der Waals surface area contributed by atoms with Crippen LogP contribution in [0.4, 0.5) is 18.9 Å². The molecule has 0 spiro atoms. The summed E-state index contributed by atoms with van der Waals surface area (Å²) < 4.78 is 42.3. The van der Waals surface area contributed by atoms with Crippen LogP contribution in [0.3, 0.4) is 0 Å². The van der Waals surface area contributed by atoms with E-state index in [1.54, 1.807) is 22.7 Å². The van der Waals surface area contributed by atoms with Crippen molar-refractivity contribution in [2.45, 2.75) is 37.9 Å². The van der Waals surface area contributed by atoms with Crippen LogP contribution < -0.4 is 10.9 Å². The molecule has 1 saturated carbocycles. The minimum Gasteiger partial charge on any atom is -0.323 e. The number of alkyl halides is 3. The lowest BCUT2D eigenvalue weighted by molar-refractivity contribution is -0.137. The summed E-state index contributed by atoms with van der Waals surface area (Å²) in [5.74, 6) is -0.495. The number of halogens is 3. The number of carbonyl (C=O) groups excluding carboxylic acids is 1. The average molecular weight is 442 g/mol. The standard InChI is InChI=1S/C21H17F3N6O2/c1-20(6-7-20)18-15-8-12(21(22,23)24)2-4-14(15)19(32)30(28-18)10-17(31)26-13-3-5-16-27-25-11-29(16)9-13/h2-5,8-9,11H,6-7,10H2,1H3,(H,26,31). The second-order valence-electron chi connectivity index (χ2n) is 8.19. The number of hydrogen-bond donors (Lipinski definition) is 1. The number of hydrogen-bond acceptors (Lipinski definition) is 5. The van der Waals surface area contributed by atoms with Crippen molar-refractivity contribution in [1.29, 1.82) is 0 Å². The predicted molar refractivity (Wildman–Crippen MR) is 109 cm³/mol. The second kappa shape index (κ2) is 6.87. The minimum atomic E-state index is -4.53. The molecule has 3 aromatic heterocycles. The van der Waals surface area contributed by atoms with Crippen LogP contribution in [0, 0.1) is 0 Å². The van der Waals surface area contributed by atoms with E-state index in [9.17, 15) is 22.8 Å². The van der Waals surface area contributed by atoms with Crippen LogP contribution in [-0.2, 0) is 22.9 Å². The maximum Gasteiger partial charge on any atom is 0.416 e. The number of amides is 1. The molecule has 8 nitrogen and oxygen atoms in total. The van der Waals surface area contributed by atoms with Gasteiger partial charge in [-0.2, -0.15) is 18.3 Å². The first-order valence-corrected chi connectivity index (χ1v) is 9.86. The molecule has 5 rings (SSSR count). The average Bonchev–Trinajstić information content (AvgIpc) is 3.31. The maximum atomic E-state index is 13.2. The van der Waals surface area contributed by atoms with Crippen LogP contribution in [0.25, 0.3) is 16.4 Å². The van der Waals surface area contributed by atoms with Gasteiger partial charge in [-0.15, -0.1) is 10.2 Å². The number of anilines is 1. The van der Waals surface area contributed by atoms with E-state index in [4.69, 9.17) is 0 Å². The molecule has 0 saturated heterocycles. The highest BCUT2D eigenvalue weighted by Crippen LogP contribution is 2.48. The lowest BCUT2D eigenvalue weighted by Gasteiger charge is -2.16. The Hall–Kier alpha value is -3.76. The molecule has 1 amide bonds. The molecule has 0 atom stereocenters. The van der Waals surface area contributed by atoms with Gasteiger partial charge in [0, 0.05) is 17.0 Å². The Morgan fingerprint density at radius 3 is 2.69 bits per heavy atom. The van der Waals surface area contributed by atoms with E-state index in [1.165, 1.54) is 6.33 Å². The molecule has 1 fully saturated rings. The van der Waals surface area contributed by atoms with Gasteiger partial charge >= 0.3 is 6.18 Å². The molecule has 164 valence electrons. The fourth-order valence-corrected chi connectivity index (χ4v) is 3.68. The molecule has 0 bridgehead atoms. The Kier molecular flexibility index (Phi) is 4.33. The molecular formula is C21H17F3N6O2. The molecule has 4 aromatic rings. The summed E-state index contributed by atoms with van der Waals surface area (Å²) in [4.78, 5) is 25.5. The van der Waals surface area contributed by atoms with Gasteiger partial charge in [0.05, 0.1) is 22.3 Å². The summed E-state index contributed by atoms with van der Waals surface area (Å²) in [5, 5.41) is 15.0. The number of pyridine rings is 1. The zero-order valence-electron chi connectivity index (χ0n) is 16.8. The molecule has 0 unspecified atom stereocenters. The third-order valence-electron chi connectivity index (χ3n) is 5.73. The van der Waals surface area contributed by atoms with Crippen molar-refractivity contribution in [2.24, 2.45) is 0 Å². The Morgan fingerprint density at radius 2 is 1.97 bits per heavy atom. The topological polar surface area (TPSA) is 94.2 Å². The van der Waals surface area contributed by atoms with Crippen molar-refractivity contribution in [2.75, 3.05) is 5.32 Å². The molecule has 32 heavy (non-hydrogen) atoms. The highest BCUT2D eigenvalue weighted by atomic mass is 19.4. The number of carbonyl (C=O) groups is 1. The van der Waals surface area contributed by atoms with E-state index >= 15 is 0 Å². The quantitative estimate of drug-likeness (QED) is 0.524. The summed E-state index contributed by atoms with van der Waals surface area (Å²) in [7, 11) is 0. The van der Waals surface area contributed by atoms with Gasteiger partial charge in [0.25, 0.3) is 5.56 Å². The Bertz CT molecular complexity index is 1440. The Labute approximate surface area is 178 Å². The molecule has 11 heteroatoms. The Morgan fingerprint density at radius 1 is 1.19 bits per heavy atom. The summed E-state index contributed by atoms with van der Waals surface area (Å²) in [6.07, 6.45) is 0.0667. The van der Waals surface area contributed by atoms with E-state index in [0.29, 0.717) is 17.0 Å². The van der Waals surface area contributed by atoms with E-state index < -0.39 is 28.6 Å². The minimum absolute atomic E-state index is 0.106. The summed E-state index contributed by atoms with van der Waals surface area (Å²) in [5.41, 5.74) is -0.399. The van der Waals surface area contributed by atoms with Crippen molar-refractivity contribution in [3.8, 4) is 0 Å². The van der Waals surface area contributed by atoms with E-state index in [-0.39, 0.29) is 17.3 Å². The van der Waals surface area contributed by atoms with Gasteiger partial charge < -0.3 is 5.32 Å². The van der Waals surface area contributed by atoms with Crippen molar-refractivity contribution in [3.63, 3.8) is 0 Å². The van der Waals surface area contributed by atoms with Gasteiger partial charge in [0.2, 0.25) is 5.91 Å². The zero-order chi connectivity index (χ0) is 22.7. The largest absolute Gasteiger partial charge is 0.416 e. The number of aromatic nitrogens is 5. The fourth-order valence-electron chi connectivity index (χ4n) is 3.68. The van der Waals surface area contributed by atoms with Gasteiger partial charge in [-0.05, 0) is 43.2 Å². The monoisotopic (exact) mass is 442 g/mol. The number of nitrogens with zero attached hydrogens (tertiary/aromatic N) is 5. The SMILES string of the molecule is CC1(c2nn(CC(=O)Nc3ccc4nncn4c3)c(=O)c3ccc(C(F)(F)F)cc23)CC1. The molecule has 1 aliphatic rings. The lowest BCUT2D eigenvalue weighted by atomic mass is 9.97. The van der Waals surface area contributed by atoms with Gasteiger partial charge in [0.1, 0.15) is 12.9 Å². The fraction of sp³-hybridized carbons (Fsp3) is 0.286. The van der Waals surface area contributed by atoms with Crippen LogP contribution in [-0.4, -0.2) is 30.3 Å². The van der Waals surface area contributed by atoms with Gasteiger partial charge in [-0.3, -0.25) is 14.0 Å². The van der Waals surface area contributed by atoms with Crippen LogP contribution in [0.1, 0.15) is 31.0 Å². The second-order valence-corrected chi connectivity index (χ2v) is 8.19. The predicted octanol–water partition coefficient (Wildman–Crippen LogP) is 3.15. The Balaban J connectivity index is 1.51. The number of rotatable bonds is 4. The summed E-state index contributed by atoms with van der Waals surface area (Å²) in [6.45, 7) is 1.51. The van der Waals surface area contributed by atoms with Crippen molar-refractivity contribution in [3.05, 3.63) is 64.5 Å². The van der Waals surface area contributed by atoms with Crippen LogP contribution in [0.5, 0.6) is 0 Å². The molecule has 0 aliphatic heterocycles. The lowest BCUT2D eigenvalue weighted by Crippen LogP contribution is -2.32. The van der Waals surface area contributed by atoms with Crippen molar-refractivity contribution < 1.29 is 18.0 Å². The van der Waals surface area contributed by atoms with Gasteiger partial charge in [0.15, 0.2) is 5.65 Å². The van der Waals surface area contributed by atoms with Gasteiger partial charge in [-0.25, -0.2) is 4.68 Å². The van der Waals surface area contributed by atoms with E-state index in [1.807, 2.05) is 6.92 Å². The molecule has 1 N–H and O–H groups in total. The highest BCUT2D eigenvalue weighted by Gasteiger charge is 2.43.